The number of hydrogen-bond donors (Lipinski definition) is 2. The minimum absolute atomic E-state index is 0.0941. The van der Waals surface area contributed by atoms with Crippen LogP contribution in [0.2, 0.25) is 0 Å². The van der Waals surface area contributed by atoms with E-state index in [-0.39, 0.29) is 12.4 Å². The van der Waals surface area contributed by atoms with E-state index in [1.807, 2.05) is 0 Å². The van der Waals surface area contributed by atoms with Crippen LogP contribution in [0.5, 0.6) is 0 Å². The first kappa shape index (κ1) is 13.1. The first-order valence-electron chi connectivity index (χ1n) is 7.05. The molecule has 4 saturated carbocycles. The largest absolute Gasteiger partial charge is 0.466 e. The highest BCUT2D eigenvalue weighted by molar-refractivity contribution is 5.91. The average molecular weight is 268 g/mol. The number of Topliss-reactive ketones (excluding diaryl/α,β-unsaturated/α-hetero) is 1. The van der Waals surface area contributed by atoms with Crippen LogP contribution in [-0.2, 0) is 14.3 Å². The van der Waals surface area contributed by atoms with E-state index in [0.29, 0.717) is 25.7 Å². The smallest absolute Gasteiger partial charge is 0.309 e. The van der Waals surface area contributed by atoms with E-state index in [4.69, 9.17) is 4.74 Å². The predicted octanol–water partition coefficient (Wildman–Crippen LogP) is 0.421. The third-order valence-electron chi connectivity index (χ3n) is 5.48. The number of aliphatic hydroxyl groups excluding tert-OH is 1. The summed E-state index contributed by atoms with van der Waals surface area (Å²) in [5.74, 6) is -1.88. The third-order valence-corrected chi connectivity index (χ3v) is 5.48. The zero-order valence-electron chi connectivity index (χ0n) is 11.1. The van der Waals surface area contributed by atoms with E-state index in [0.717, 1.165) is 6.42 Å². The number of rotatable bonds is 2. The van der Waals surface area contributed by atoms with Crippen molar-refractivity contribution in [2.24, 2.45) is 17.3 Å². The van der Waals surface area contributed by atoms with Gasteiger partial charge in [-0.2, -0.15) is 0 Å². The molecule has 4 rings (SSSR count). The zero-order valence-corrected chi connectivity index (χ0v) is 11.1. The van der Waals surface area contributed by atoms with Gasteiger partial charge in [-0.25, -0.2) is 0 Å². The second kappa shape index (κ2) is 4.03. The lowest BCUT2D eigenvalue weighted by molar-refractivity contribution is -0.230. The quantitative estimate of drug-likeness (QED) is 0.709. The summed E-state index contributed by atoms with van der Waals surface area (Å²) in [5.41, 5.74) is -1.80. The SMILES string of the molecule is CCOC(=O)[C@@H]1C[C@]23CCC[C@]2(O)[C@@H](O)[C@H]1C(=O)C3. The van der Waals surface area contributed by atoms with Gasteiger partial charge in [-0.1, -0.05) is 0 Å². The average Bonchev–Trinajstić information content (AvgIpc) is 2.68. The standard InChI is InChI=1S/C14H20O5/c1-2-19-12(17)8-6-13-4-3-5-14(13,18)11(16)10(8)9(15)7-13/h8,10-11,16,18H,2-7H2,1H3/t8-,10-,11+,13+,14+/m1/s1. The molecule has 2 bridgehead atoms. The Morgan fingerprint density at radius 3 is 2.89 bits per heavy atom. The van der Waals surface area contributed by atoms with Crippen molar-refractivity contribution < 1.29 is 24.5 Å². The molecule has 4 aliphatic rings. The Hall–Kier alpha value is -0.940. The fourth-order valence-electron chi connectivity index (χ4n) is 4.63. The van der Waals surface area contributed by atoms with E-state index in [9.17, 15) is 19.8 Å². The Kier molecular flexibility index (Phi) is 2.77. The number of ether oxygens (including phenoxy) is 1. The van der Waals surface area contributed by atoms with Gasteiger partial charge in [-0.05, 0) is 32.6 Å². The van der Waals surface area contributed by atoms with E-state index in [1.165, 1.54) is 0 Å². The Bertz CT molecular complexity index is 434. The Morgan fingerprint density at radius 1 is 1.47 bits per heavy atom. The van der Waals surface area contributed by atoms with Crippen LogP contribution in [0, 0.1) is 17.3 Å². The van der Waals surface area contributed by atoms with E-state index >= 15 is 0 Å². The molecule has 0 aromatic carbocycles. The van der Waals surface area contributed by atoms with Crippen LogP contribution < -0.4 is 0 Å². The highest BCUT2D eigenvalue weighted by Gasteiger charge is 2.70. The molecular formula is C14H20O5. The number of aliphatic hydroxyl groups is 2. The molecule has 0 radical (unpaired) electrons. The number of esters is 1. The van der Waals surface area contributed by atoms with Crippen molar-refractivity contribution in [1.29, 1.82) is 0 Å². The summed E-state index contributed by atoms with van der Waals surface area (Å²) >= 11 is 0. The van der Waals surface area contributed by atoms with Gasteiger partial charge in [0.05, 0.1) is 30.1 Å². The van der Waals surface area contributed by atoms with Gasteiger partial charge in [0.15, 0.2) is 0 Å². The summed E-state index contributed by atoms with van der Waals surface area (Å²) in [5, 5.41) is 21.2. The number of fused-ring (bicyclic) bond motifs is 2. The van der Waals surface area contributed by atoms with Crippen LogP contribution in [0.15, 0.2) is 0 Å². The van der Waals surface area contributed by atoms with E-state index < -0.39 is 34.9 Å². The van der Waals surface area contributed by atoms with E-state index in [1.54, 1.807) is 6.92 Å². The van der Waals surface area contributed by atoms with Crippen molar-refractivity contribution in [3.8, 4) is 0 Å². The normalized spacial score (nSPS) is 48.2. The van der Waals surface area contributed by atoms with Crippen LogP contribution in [0.1, 0.15) is 39.0 Å². The number of hydrogen-bond acceptors (Lipinski definition) is 5. The van der Waals surface area contributed by atoms with Gasteiger partial charge in [-0.3, -0.25) is 9.59 Å². The monoisotopic (exact) mass is 268 g/mol. The lowest BCUT2D eigenvalue weighted by atomic mass is 9.48. The predicted molar refractivity (Wildman–Crippen MR) is 65.1 cm³/mol. The maximum atomic E-state index is 12.2. The fraction of sp³-hybridized carbons (Fsp3) is 0.857. The minimum atomic E-state index is -1.19. The molecule has 5 heteroatoms. The van der Waals surface area contributed by atoms with Gasteiger partial charge >= 0.3 is 5.97 Å². The molecule has 19 heavy (non-hydrogen) atoms. The molecule has 0 amide bonds. The van der Waals surface area contributed by atoms with Crippen LogP contribution in [0.3, 0.4) is 0 Å². The molecule has 0 aromatic rings. The minimum Gasteiger partial charge on any atom is -0.466 e. The topological polar surface area (TPSA) is 83.8 Å². The second-order valence-corrected chi connectivity index (χ2v) is 6.23. The van der Waals surface area contributed by atoms with Crippen molar-refractivity contribution in [3.63, 3.8) is 0 Å². The Morgan fingerprint density at radius 2 is 2.21 bits per heavy atom. The molecule has 0 unspecified atom stereocenters. The number of carbonyl (C=O) groups excluding carboxylic acids is 2. The second-order valence-electron chi connectivity index (χ2n) is 6.23. The lowest BCUT2D eigenvalue weighted by Gasteiger charge is -2.58. The van der Waals surface area contributed by atoms with Crippen molar-refractivity contribution in [2.75, 3.05) is 6.61 Å². The van der Waals surface area contributed by atoms with Gasteiger partial charge in [0.2, 0.25) is 0 Å². The fourth-order valence-corrected chi connectivity index (χ4v) is 4.63. The van der Waals surface area contributed by atoms with Gasteiger partial charge in [0, 0.05) is 11.8 Å². The van der Waals surface area contributed by atoms with Crippen LogP contribution in [0.25, 0.3) is 0 Å². The molecular weight excluding hydrogens is 248 g/mol. The van der Waals surface area contributed by atoms with Crippen molar-refractivity contribution in [1.82, 2.24) is 0 Å². The maximum Gasteiger partial charge on any atom is 0.309 e. The van der Waals surface area contributed by atoms with Gasteiger partial charge < -0.3 is 14.9 Å². The van der Waals surface area contributed by atoms with Crippen LogP contribution >= 0.6 is 0 Å². The zero-order chi connectivity index (χ0) is 13.8. The molecule has 5 atom stereocenters. The Labute approximate surface area is 111 Å². The van der Waals surface area contributed by atoms with Crippen molar-refractivity contribution in [2.45, 2.75) is 50.7 Å². The molecule has 1 spiro atoms. The highest BCUT2D eigenvalue weighted by atomic mass is 16.5. The molecule has 4 aliphatic carbocycles. The van der Waals surface area contributed by atoms with E-state index in [2.05, 4.69) is 0 Å². The van der Waals surface area contributed by atoms with Gasteiger partial charge in [0.25, 0.3) is 0 Å². The summed E-state index contributed by atoms with van der Waals surface area (Å²) in [7, 11) is 0. The summed E-state index contributed by atoms with van der Waals surface area (Å²) in [4.78, 5) is 24.2. The molecule has 0 aromatic heterocycles. The lowest BCUT2D eigenvalue weighted by Crippen LogP contribution is -2.69. The van der Waals surface area contributed by atoms with Crippen LogP contribution in [0.4, 0.5) is 0 Å². The summed E-state index contributed by atoms with van der Waals surface area (Å²) in [6.45, 7) is 1.99. The summed E-state index contributed by atoms with van der Waals surface area (Å²) in [6, 6.07) is 0. The van der Waals surface area contributed by atoms with Gasteiger partial charge in [0.1, 0.15) is 5.78 Å². The van der Waals surface area contributed by atoms with Crippen LogP contribution in [-0.4, -0.2) is 40.3 Å². The molecule has 0 aliphatic heterocycles. The summed E-state index contributed by atoms with van der Waals surface area (Å²) < 4.78 is 5.02. The summed E-state index contributed by atoms with van der Waals surface area (Å²) in [6.07, 6.45) is 1.65. The maximum absolute atomic E-state index is 12.2. The first-order chi connectivity index (χ1) is 8.95. The van der Waals surface area contributed by atoms with Crippen molar-refractivity contribution >= 4 is 11.8 Å². The third kappa shape index (κ3) is 1.48. The van der Waals surface area contributed by atoms with Crippen molar-refractivity contribution in [3.05, 3.63) is 0 Å². The highest BCUT2D eigenvalue weighted by Crippen LogP contribution is 2.64. The first-order valence-corrected chi connectivity index (χ1v) is 7.05. The molecule has 2 N–H and O–H groups in total. The molecule has 4 fully saturated rings. The van der Waals surface area contributed by atoms with Gasteiger partial charge in [-0.15, -0.1) is 0 Å². The molecule has 5 nitrogen and oxygen atoms in total. The molecule has 0 saturated heterocycles. The Balaban J connectivity index is 1.98. The number of ketones is 1. The molecule has 106 valence electrons. The molecule has 0 heterocycles. The number of carbonyl (C=O) groups is 2.